The Hall–Kier alpha value is -2.19. The van der Waals surface area contributed by atoms with Gasteiger partial charge in [-0.25, -0.2) is 4.98 Å². The summed E-state index contributed by atoms with van der Waals surface area (Å²) in [6, 6.07) is 0. The molecule has 1 aliphatic carbocycles. The van der Waals surface area contributed by atoms with Crippen molar-refractivity contribution in [2.24, 2.45) is 11.3 Å². The van der Waals surface area contributed by atoms with E-state index >= 15 is 0 Å². The Bertz CT molecular complexity index is 974. The molecule has 0 saturated carbocycles. The highest BCUT2D eigenvalue weighted by Crippen LogP contribution is 2.43. The average Bonchev–Trinajstić information content (AvgIpc) is 3.41. The fourth-order valence-corrected chi connectivity index (χ4v) is 4.89. The van der Waals surface area contributed by atoms with Gasteiger partial charge in [0.2, 0.25) is 0 Å². The predicted molar refractivity (Wildman–Crippen MR) is 100 cm³/mol. The minimum atomic E-state index is -0.760. The van der Waals surface area contributed by atoms with Crippen LogP contribution in [0, 0.1) is 18.3 Å². The molecular weight excluding hydrogens is 386 g/mol. The first-order chi connectivity index (χ1) is 13.0. The van der Waals surface area contributed by atoms with Crippen molar-refractivity contribution in [3.05, 3.63) is 22.5 Å². The van der Waals surface area contributed by atoms with Gasteiger partial charge in [0.15, 0.2) is 0 Å². The molecule has 0 unspecified atom stereocenters. The molecule has 2 aromatic heterocycles. The number of pyridine rings is 1. The van der Waals surface area contributed by atoms with Crippen LogP contribution in [0.15, 0.2) is 4.52 Å². The number of hydrogen-bond donors (Lipinski definition) is 0. The number of carbonyl (C=O) groups is 2. The molecule has 2 aromatic rings. The van der Waals surface area contributed by atoms with Gasteiger partial charge in [0.05, 0.1) is 37.0 Å². The number of aryl methyl sites for hydroxylation is 2. The zero-order chi connectivity index (χ0) is 18.8. The zero-order valence-electron chi connectivity index (χ0n) is 15.8. The topological polar surface area (TPSA) is 94.8 Å². The summed E-state index contributed by atoms with van der Waals surface area (Å²) < 4.78 is 15.9. The third-order valence-electron chi connectivity index (χ3n) is 6.29. The Morgan fingerprint density at radius 2 is 2.14 bits per heavy atom. The monoisotopic (exact) mass is 407 g/mol. The first kappa shape index (κ1) is 19.1. The molecule has 28 heavy (non-hydrogen) atoms. The summed E-state index contributed by atoms with van der Waals surface area (Å²) in [4.78, 5) is 32.4. The first-order valence-electron chi connectivity index (χ1n) is 9.28. The normalized spacial score (nSPS) is 25.5. The van der Waals surface area contributed by atoms with Crippen molar-refractivity contribution in [2.45, 2.75) is 26.2 Å². The maximum absolute atomic E-state index is 13.6. The lowest BCUT2D eigenvalue weighted by Gasteiger charge is -2.24. The zero-order valence-corrected chi connectivity index (χ0v) is 16.6. The van der Waals surface area contributed by atoms with Crippen LogP contribution in [0.4, 0.5) is 0 Å². The maximum atomic E-state index is 13.6. The molecule has 0 radical (unpaired) electrons. The lowest BCUT2D eigenvalue weighted by atomic mass is 9.81. The van der Waals surface area contributed by atoms with Crippen molar-refractivity contribution in [1.29, 1.82) is 0 Å². The summed E-state index contributed by atoms with van der Waals surface area (Å²) in [7, 11) is 1.39. The number of carbonyl (C=O) groups excluding carboxylic acids is 2. The van der Waals surface area contributed by atoms with Crippen molar-refractivity contribution in [3.63, 3.8) is 0 Å². The van der Waals surface area contributed by atoms with E-state index in [0.29, 0.717) is 48.7 Å². The summed E-state index contributed by atoms with van der Waals surface area (Å²) in [6.45, 7) is 3.39. The second-order valence-electron chi connectivity index (χ2n) is 7.76. The van der Waals surface area contributed by atoms with Crippen LogP contribution in [0.25, 0.3) is 11.1 Å². The fraction of sp³-hybridized carbons (Fsp3) is 0.579. The van der Waals surface area contributed by atoms with Crippen LogP contribution in [-0.4, -0.2) is 60.3 Å². The van der Waals surface area contributed by atoms with Crippen LogP contribution in [-0.2, 0) is 27.1 Å². The summed E-state index contributed by atoms with van der Waals surface area (Å²) in [5.41, 5.74) is 2.89. The van der Waals surface area contributed by atoms with Crippen molar-refractivity contribution < 1.29 is 23.6 Å². The van der Waals surface area contributed by atoms with Gasteiger partial charge < -0.3 is 18.9 Å². The van der Waals surface area contributed by atoms with Crippen molar-refractivity contribution in [3.8, 4) is 0 Å². The predicted octanol–water partition coefficient (Wildman–Crippen LogP) is 1.70. The van der Waals surface area contributed by atoms with E-state index in [1.54, 1.807) is 4.90 Å². The summed E-state index contributed by atoms with van der Waals surface area (Å²) in [6.07, 6.45) is 2.64. The molecule has 0 N–H and O–H groups in total. The highest BCUT2D eigenvalue weighted by atomic mass is 35.5. The summed E-state index contributed by atoms with van der Waals surface area (Å²) >= 11 is 0. The fourth-order valence-electron chi connectivity index (χ4n) is 4.89. The van der Waals surface area contributed by atoms with Gasteiger partial charge in [-0.3, -0.25) is 9.59 Å². The van der Waals surface area contributed by atoms with E-state index < -0.39 is 5.41 Å². The number of ether oxygens (including phenoxy) is 2. The Balaban J connectivity index is 0.00000192. The molecule has 5 rings (SSSR count). The van der Waals surface area contributed by atoms with E-state index in [0.717, 1.165) is 30.5 Å². The van der Waals surface area contributed by atoms with Gasteiger partial charge >= 0.3 is 5.97 Å². The van der Waals surface area contributed by atoms with E-state index in [-0.39, 0.29) is 30.2 Å². The second kappa shape index (κ2) is 6.70. The number of hydrogen-bond acceptors (Lipinski definition) is 7. The van der Waals surface area contributed by atoms with Crippen LogP contribution in [0.3, 0.4) is 0 Å². The van der Waals surface area contributed by atoms with E-state index in [9.17, 15) is 9.59 Å². The number of amides is 1. The van der Waals surface area contributed by atoms with E-state index in [1.165, 1.54) is 7.11 Å². The molecular formula is C19H22ClN3O5. The lowest BCUT2D eigenvalue weighted by molar-refractivity contribution is -0.153. The molecule has 0 aromatic carbocycles. The molecule has 2 atom stereocenters. The Morgan fingerprint density at radius 3 is 2.93 bits per heavy atom. The number of rotatable bonds is 2. The first-order valence-corrected chi connectivity index (χ1v) is 9.28. The van der Waals surface area contributed by atoms with Crippen molar-refractivity contribution in [1.82, 2.24) is 15.0 Å². The van der Waals surface area contributed by atoms with E-state index in [4.69, 9.17) is 14.0 Å². The molecule has 3 aliphatic rings. The Kier molecular flexibility index (Phi) is 4.58. The standard InChI is InChI=1S/C19H21N3O5.ClH/c1-10-14-15(12-4-3-5-13(12)20-16(14)27-21-10)17(23)22-6-11-7-26-9-19(11,8-22)18(24)25-2;/h11H,3-9H2,1-2H3;1H/t11-,19-;/m0./s1. The maximum Gasteiger partial charge on any atom is 0.316 e. The van der Waals surface area contributed by atoms with Crippen LogP contribution in [0.2, 0.25) is 0 Å². The molecule has 0 spiro atoms. The number of likely N-dealkylation sites (tertiary alicyclic amines) is 1. The quantitative estimate of drug-likeness (QED) is 0.699. The van der Waals surface area contributed by atoms with E-state index in [1.807, 2.05) is 6.92 Å². The highest BCUT2D eigenvalue weighted by molar-refractivity contribution is 6.08. The van der Waals surface area contributed by atoms with Gasteiger partial charge in [0, 0.05) is 24.7 Å². The number of fused-ring (bicyclic) bond motifs is 3. The highest BCUT2D eigenvalue weighted by Gasteiger charge is 2.58. The molecule has 8 nitrogen and oxygen atoms in total. The van der Waals surface area contributed by atoms with Crippen LogP contribution in [0.5, 0.6) is 0 Å². The third kappa shape index (κ3) is 2.47. The molecule has 2 saturated heterocycles. The lowest BCUT2D eigenvalue weighted by Crippen LogP contribution is -2.41. The van der Waals surface area contributed by atoms with Crippen molar-refractivity contribution >= 4 is 35.4 Å². The number of methoxy groups -OCH3 is 1. The number of nitrogens with zero attached hydrogens (tertiary/aromatic N) is 3. The number of halogens is 1. The van der Waals surface area contributed by atoms with E-state index in [2.05, 4.69) is 10.1 Å². The summed E-state index contributed by atoms with van der Waals surface area (Å²) in [5, 5.41) is 4.71. The Labute approximate surface area is 167 Å². The minimum absolute atomic E-state index is 0. The third-order valence-corrected chi connectivity index (χ3v) is 6.29. The van der Waals surface area contributed by atoms with Gasteiger partial charge in [-0.2, -0.15) is 0 Å². The molecule has 4 heterocycles. The van der Waals surface area contributed by atoms with Gasteiger partial charge in [-0.1, -0.05) is 5.16 Å². The molecule has 150 valence electrons. The van der Waals surface area contributed by atoms with Crippen molar-refractivity contribution in [2.75, 3.05) is 33.4 Å². The smallest absolute Gasteiger partial charge is 0.316 e. The molecule has 9 heteroatoms. The molecule has 2 fully saturated rings. The number of esters is 1. The largest absolute Gasteiger partial charge is 0.468 e. The molecule has 1 amide bonds. The summed E-state index contributed by atoms with van der Waals surface area (Å²) in [5.74, 6) is -0.418. The molecule has 2 aliphatic heterocycles. The minimum Gasteiger partial charge on any atom is -0.468 e. The Morgan fingerprint density at radius 1 is 1.32 bits per heavy atom. The number of aromatic nitrogens is 2. The van der Waals surface area contributed by atoms with Gasteiger partial charge in [-0.15, -0.1) is 12.4 Å². The average molecular weight is 408 g/mol. The van der Waals surface area contributed by atoms with Gasteiger partial charge in [0.1, 0.15) is 5.41 Å². The molecule has 0 bridgehead atoms. The second-order valence-corrected chi connectivity index (χ2v) is 7.76. The van der Waals surface area contributed by atoms with Gasteiger partial charge in [0.25, 0.3) is 11.6 Å². The SMILES string of the molecule is COC(=O)[C@@]12COC[C@@H]1CN(C(=O)c1c3c(nc4onc(C)c14)CCC3)C2.Cl. The van der Waals surface area contributed by atoms with Gasteiger partial charge in [-0.05, 0) is 31.7 Å². The van der Waals surface area contributed by atoms with Crippen LogP contribution < -0.4 is 0 Å². The van der Waals surface area contributed by atoms with Crippen LogP contribution in [0.1, 0.15) is 33.7 Å². The van der Waals surface area contributed by atoms with Crippen LogP contribution >= 0.6 is 12.4 Å².